The van der Waals surface area contributed by atoms with Crippen LogP contribution in [0.25, 0.3) is 0 Å². The number of hydrogen-bond donors (Lipinski definition) is 1. The molecule has 4 heteroatoms. The van der Waals surface area contributed by atoms with Crippen molar-refractivity contribution in [3.8, 4) is 0 Å². The molecule has 1 aliphatic heterocycles. The Hall–Kier alpha value is -1.68. The number of aryl methyl sites for hydroxylation is 1. The van der Waals surface area contributed by atoms with E-state index >= 15 is 0 Å². The van der Waals surface area contributed by atoms with Crippen LogP contribution < -0.4 is 5.32 Å². The molecule has 1 fully saturated rings. The van der Waals surface area contributed by atoms with Gasteiger partial charge in [-0.1, -0.05) is 11.6 Å². The Morgan fingerprint density at radius 1 is 1.45 bits per heavy atom. The van der Waals surface area contributed by atoms with E-state index in [1.54, 1.807) is 12.4 Å². The molecule has 4 nitrogen and oxygen atoms in total. The molecule has 2 heterocycles. The number of aromatic nitrogens is 1. The largest absolute Gasteiger partial charge is 0.352 e. The number of carbonyl (C=O) groups is 1. The van der Waals surface area contributed by atoms with E-state index in [0.29, 0.717) is 11.5 Å². The second-order valence-corrected chi connectivity index (χ2v) is 6.26. The minimum atomic E-state index is -0.00205. The summed E-state index contributed by atoms with van der Waals surface area (Å²) in [5.41, 5.74) is 3.09. The highest BCUT2D eigenvalue weighted by atomic mass is 16.1. The van der Waals surface area contributed by atoms with Crippen LogP contribution in [-0.4, -0.2) is 42.0 Å². The molecule has 0 atom stereocenters. The second kappa shape index (κ2) is 8.08. The van der Waals surface area contributed by atoms with Crippen LogP contribution in [0.5, 0.6) is 0 Å². The number of amides is 1. The van der Waals surface area contributed by atoms with Crippen LogP contribution in [0.3, 0.4) is 0 Å². The summed E-state index contributed by atoms with van der Waals surface area (Å²) >= 11 is 0. The number of allylic oxidation sites excluding steroid dienone is 1. The fourth-order valence-corrected chi connectivity index (χ4v) is 2.83. The van der Waals surface area contributed by atoms with Crippen LogP contribution in [0.2, 0.25) is 0 Å². The first-order chi connectivity index (χ1) is 10.6. The molecule has 0 aromatic carbocycles. The van der Waals surface area contributed by atoms with Gasteiger partial charge in [-0.05, 0) is 64.3 Å². The number of nitrogens with one attached hydrogen (secondary N) is 1. The van der Waals surface area contributed by atoms with E-state index < -0.39 is 0 Å². The highest BCUT2D eigenvalue weighted by Gasteiger charge is 2.20. The predicted octanol–water partition coefficient (Wildman–Crippen LogP) is 2.80. The molecular weight excluding hydrogens is 274 g/mol. The van der Waals surface area contributed by atoms with Gasteiger partial charge in [0.05, 0.1) is 5.56 Å². The van der Waals surface area contributed by atoms with E-state index in [9.17, 15) is 4.79 Å². The quantitative estimate of drug-likeness (QED) is 0.851. The van der Waals surface area contributed by atoms with E-state index in [1.165, 1.54) is 5.57 Å². The Morgan fingerprint density at radius 2 is 2.18 bits per heavy atom. The third-order valence-electron chi connectivity index (χ3n) is 4.51. The lowest BCUT2D eigenvalue weighted by molar-refractivity contribution is 0.0936. The van der Waals surface area contributed by atoms with Crippen molar-refractivity contribution in [3.63, 3.8) is 0 Å². The van der Waals surface area contributed by atoms with Crippen molar-refractivity contribution >= 4 is 5.91 Å². The Kier molecular flexibility index (Phi) is 6.13. The number of hydrogen-bond acceptors (Lipinski definition) is 3. The molecule has 0 spiro atoms. The summed E-state index contributed by atoms with van der Waals surface area (Å²) in [6.07, 6.45) is 7.86. The van der Waals surface area contributed by atoms with E-state index in [-0.39, 0.29) is 5.91 Å². The van der Waals surface area contributed by atoms with Crippen molar-refractivity contribution in [2.24, 2.45) is 5.92 Å². The monoisotopic (exact) mass is 301 g/mol. The normalized spacial score (nSPS) is 17.5. The van der Waals surface area contributed by atoms with Crippen molar-refractivity contribution < 1.29 is 4.79 Å². The zero-order chi connectivity index (χ0) is 15.9. The van der Waals surface area contributed by atoms with Crippen LogP contribution in [0.15, 0.2) is 30.1 Å². The highest BCUT2D eigenvalue weighted by molar-refractivity contribution is 5.95. The van der Waals surface area contributed by atoms with Crippen LogP contribution in [0.1, 0.15) is 42.6 Å². The van der Waals surface area contributed by atoms with E-state index in [4.69, 9.17) is 0 Å². The van der Waals surface area contributed by atoms with Gasteiger partial charge in [0, 0.05) is 25.5 Å². The first-order valence-corrected chi connectivity index (χ1v) is 8.13. The lowest BCUT2D eigenvalue weighted by Gasteiger charge is -2.32. The summed E-state index contributed by atoms with van der Waals surface area (Å²) in [7, 11) is 0. The zero-order valence-corrected chi connectivity index (χ0v) is 13.9. The van der Waals surface area contributed by atoms with Gasteiger partial charge in [0.1, 0.15) is 0 Å². The van der Waals surface area contributed by atoms with Crippen molar-refractivity contribution in [1.29, 1.82) is 0 Å². The first kappa shape index (κ1) is 16.7. The Balaban J connectivity index is 1.75. The van der Waals surface area contributed by atoms with Crippen LogP contribution in [0, 0.1) is 12.8 Å². The van der Waals surface area contributed by atoms with Gasteiger partial charge in [0.2, 0.25) is 0 Å². The highest BCUT2D eigenvalue weighted by Crippen LogP contribution is 2.17. The molecule has 1 aromatic rings. The maximum atomic E-state index is 12.2. The molecule has 0 bridgehead atoms. The Morgan fingerprint density at radius 3 is 2.82 bits per heavy atom. The van der Waals surface area contributed by atoms with Crippen molar-refractivity contribution in [2.75, 3.05) is 26.2 Å². The van der Waals surface area contributed by atoms with Gasteiger partial charge in [-0.15, -0.1) is 0 Å². The molecule has 1 saturated heterocycles. The number of piperidine rings is 1. The summed E-state index contributed by atoms with van der Waals surface area (Å²) in [4.78, 5) is 18.7. The molecule has 1 N–H and O–H groups in total. The number of nitrogens with zero attached hydrogens (tertiary/aromatic N) is 2. The number of carbonyl (C=O) groups excluding carboxylic acids is 1. The summed E-state index contributed by atoms with van der Waals surface area (Å²) in [6.45, 7) is 10.3. The summed E-state index contributed by atoms with van der Waals surface area (Å²) < 4.78 is 0. The fourth-order valence-electron chi connectivity index (χ4n) is 2.83. The lowest BCUT2D eigenvalue weighted by Crippen LogP contribution is -2.39. The van der Waals surface area contributed by atoms with Crippen molar-refractivity contribution in [1.82, 2.24) is 15.2 Å². The first-order valence-electron chi connectivity index (χ1n) is 8.13. The molecule has 1 aliphatic rings. The van der Waals surface area contributed by atoms with Crippen molar-refractivity contribution in [2.45, 2.75) is 33.6 Å². The fraction of sp³-hybridized carbons (Fsp3) is 0.556. The Bertz CT molecular complexity index is 531. The van der Waals surface area contributed by atoms with Gasteiger partial charge in [-0.25, -0.2) is 0 Å². The molecule has 0 unspecified atom stereocenters. The maximum Gasteiger partial charge on any atom is 0.253 e. The molecule has 0 radical (unpaired) electrons. The third-order valence-corrected chi connectivity index (χ3v) is 4.51. The zero-order valence-electron chi connectivity index (χ0n) is 13.9. The average molecular weight is 301 g/mol. The predicted molar refractivity (Wildman–Crippen MR) is 89.9 cm³/mol. The van der Waals surface area contributed by atoms with Gasteiger partial charge in [-0.3, -0.25) is 14.7 Å². The number of rotatable bonds is 5. The molecular formula is C18H27N3O. The third kappa shape index (κ3) is 4.67. The molecule has 1 aromatic heterocycles. The van der Waals surface area contributed by atoms with Gasteiger partial charge < -0.3 is 5.32 Å². The molecule has 120 valence electrons. The molecule has 22 heavy (non-hydrogen) atoms. The van der Waals surface area contributed by atoms with Crippen LogP contribution in [-0.2, 0) is 0 Å². The Labute approximate surface area is 133 Å². The van der Waals surface area contributed by atoms with E-state index in [0.717, 1.165) is 44.6 Å². The maximum absolute atomic E-state index is 12.2. The van der Waals surface area contributed by atoms with Crippen LogP contribution >= 0.6 is 0 Å². The summed E-state index contributed by atoms with van der Waals surface area (Å²) in [6, 6.07) is 1.87. The summed E-state index contributed by atoms with van der Waals surface area (Å²) in [5, 5.41) is 3.07. The van der Waals surface area contributed by atoms with Gasteiger partial charge in [-0.2, -0.15) is 0 Å². The lowest BCUT2D eigenvalue weighted by atomic mass is 9.96. The van der Waals surface area contributed by atoms with Gasteiger partial charge in [0.15, 0.2) is 0 Å². The van der Waals surface area contributed by atoms with E-state index in [2.05, 4.69) is 35.1 Å². The SMILES string of the molecule is C/C=C(\C)CN1CCC(CNC(=O)c2cnccc2C)CC1. The summed E-state index contributed by atoms with van der Waals surface area (Å²) in [5.74, 6) is 0.584. The standard InChI is InChI=1S/C18H27N3O/c1-4-14(2)13-21-9-6-16(7-10-21)11-20-18(22)17-12-19-8-5-15(17)3/h4-5,8,12,16H,6-7,9-11,13H2,1-3H3,(H,20,22)/b14-4+. The molecule has 2 rings (SSSR count). The van der Waals surface area contributed by atoms with E-state index in [1.807, 2.05) is 13.0 Å². The van der Waals surface area contributed by atoms with Gasteiger partial charge >= 0.3 is 0 Å². The van der Waals surface area contributed by atoms with Gasteiger partial charge in [0.25, 0.3) is 5.91 Å². The smallest absolute Gasteiger partial charge is 0.253 e. The topological polar surface area (TPSA) is 45.2 Å². The van der Waals surface area contributed by atoms with Crippen molar-refractivity contribution in [3.05, 3.63) is 41.2 Å². The molecule has 0 aliphatic carbocycles. The second-order valence-electron chi connectivity index (χ2n) is 6.26. The average Bonchev–Trinajstić information content (AvgIpc) is 2.54. The van der Waals surface area contributed by atoms with Crippen LogP contribution in [0.4, 0.5) is 0 Å². The number of pyridine rings is 1. The molecule has 0 saturated carbocycles. The number of likely N-dealkylation sites (tertiary alicyclic amines) is 1. The molecule has 1 amide bonds. The minimum absolute atomic E-state index is 0.00205. The minimum Gasteiger partial charge on any atom is -0.352 e.